The van der Waals surface area contributed by atoms with Gasteiger partial charge < -0.3 is 10.0 Å². The molecule has 0 saturated carbocycles. The van der Waals surface area contributed by atoms with Crippen LogP contribution >= 0.6 is 0 Å². The largest absolute Gasteiger partial charge is 0.478 e. The number of allylic oxidation sites excluding steroid dienone is 1. The standard InChI is InChI=1S/C16H16F3NO3/c1-3-20-9(2)14(15(22)23)12(8-13(20)21)10-4-6-11(7-5-10)16(17,18)19/h4-7,12H,3,8H2,1-2H3,(H,22,23). The lowest BCUT2D eigenvalue weighted by Crippen LogP contribution is -2.37. The molecule has 1 amide bonds. The van der Waals surface area contributed by atoms with Crippen LogP contribution in [0.25, 0.3) is 0 Å². The second-order valence-electron chi connectivity index (χ2n) is 5.32. The highest BCUT2D eigenvalue weighted by molar-refractivity contribution is 5.94. The van der Waals surface area contributed by atoms with Gasteiger partial charge in [-0.25, -0.2) is 4.79 Å². The van der Waals surface area contributed by atoms with E-state index in [1.165, 1.54) is 17.0 Å². The molecule has 0 fully saturated rings. The third-order valence-electron chi connectivity index (χ3n) is 4.01. The molecule has 1 heterocycles. The number of benzene rings is 1. The fourth-order valence-corrected chi connectivity index (χ4v) is 2.88. The molecule has 1 atom stereocenters. The van der Waals surface area contributed by atoms with Gasteiger partial charge in [-0.1, -0.05) is 12.1 Å². The number of hydrogen-bond acceptors (Lipinski definition) is 2. The molecular weight excluding hydrogens is 311 g/mol. The van der Waals surface area contributed by atoms with Gasteiger partial charge in [0.1, 0.15) is 0 Å². The Morgan fingerprint density at radius 2 is 1.87 bits per heavy atom. The quantitative estimate of drug-likeness (QED) is 0.926. The first-order chi connectivity index (χ1) is 10.7. The Bertz CT molecular complexity index is 662. The first kappa shape index (κ1) is 17.1. The number of aliphatic carboxylic acids is 1. The molecule has 0 aromatic heterocycles. The predicted octanol–water partition coefficient (Wildman–Crippen LogP) is 3.40. The molecule has 0 spiro atoms. The minimum Gasteiger partial charge on any atom is -0.478 e. The Morgan fingerprint density at radius 1 is 1.30 bits per heavy atom. The maximum Gasteiger partial charge on any atom is 0.416 e. The van der Waals surface area contributed by atoms with Crippen molar-refractivity contribution in [3.63, 3.8) is 0 Å². The number of carbonyl (C=O) groups excluding carboxylic acids is 1. The molecule has 0 radical (unpaired) electrons. The minimum absolute atomic E-state index is 0.0474. The molecule has 4 nitrogen and oxygen atoms in total. The van der Waals surface area contributed by atoms with Gasteiger partial charge in [0.25, 0.3) is 0 Å². The number of halogens is 3. The summed E-state index contributed by atoms with van der Waals surface area (Å²) in [4.78, 5) is 25.1. The minimum atomic E-state index is -4.46. The summed E-state index contributed by atoms with van der Waals surface area (Å²) >= 11 is 0. The number of carbonyl (C=O) groups is 2. The Kier molecular flexibility index (Phi) is 4.49. The van der Waals surface area contributed by atoms with Gasteiger partial charge in [-0.3, -0.25) is 4.79 Å². The van der Waals surface area contributed by atoms with Gasteiger partial charge in [0.05, 0.1) is 11.1 Å². The van der Waals surface area contributed by atoms with Crippen molar-refractivity contribution in [1.29, 1.82) is 0 Å². The van der Waals surface area contributed by atoms with Crippen molar-refractivity contribution in [2.75, 3.05) is 6.54 Å². The number of amides is 1. The molecule has 1 aliphatic rings. The zero-order chi connectivity index (χ0) is 17.4. The lowest BCUT2D eigenvalue weighted by molar-refractivity contribution is -0.138. The van der Waals surface area contributed by atoms with E-state index in [2.05, 4.69) is 0 Å². The Balaban J connectivity index is 2.47. The van der Waals surface area contributed by atoms with E-state index in [-0.39, 0.29) is 17.9 Å². The summed E-state index contributed by atoms with van der Waals surface area (Å²) in [6, 6.07) is 4.28. The smallest absolute Gasteiger partial charge is 0.416 e. The van der Waals surface area contributed by atoms with Crippen LogP contribution in [-0.2, 0) is 15.8 Å². The van der Waals surface area contributed by atoms with Crippen molar-refractivity contribution < 1.29 is 27.9 Å². The van der Waals surface area contributed by atoms with Crippen LogP contribution in [0.2, 0.25) is 0 Å². The number of nitrogens with zero attached hydrogens (tertiary/aromatic N) is 1. The number of hydrogen-bond donors (Lipinski definition) is 1. The predicted molar refractivity (Wildman–Crippen MR) is 76.5 cm³/mol. The van der Waals surface area contributed by atoms with Crippen molar-refractivity contribution >= 4 is 11.9 Å². The van der Waals surface area contributed by atoms with Crippen molar-refractivity contribution in [2.45, 2.75) is 32.4 Å². The van der Waals surface area contributed by atoms with Gasteiger partial charge >= 0.3 is 12.1 Å². The molecule has 0 saturated heterocycles. The zero-order valence-electron chi connectivity index (χ0n) is 12.6. The monoisotopic (exact) mass is 327 g/mol. The van der Waals surface area contributed by atoms with Crippen LogP contribution < -0.4 is 0 Å². The van der Waals surface area contributed by atoms with Crippen LogP contribution in [0, 0.1) is 0 Å². The summed E-state index contributed by atoms with van der Waals surface area (Å²) in [6.07, 6.45) is -4.53. The van der Waals surface area contributed by atoms with E-state index in [0.29, 0.717) is 17.8 Å². The summed E-state index contributed by atoms with van der Waals surface area (Å²) < 4.78 is 37.9. The first-order valence-electron chi connectivity index (χ1n) is 7.08. The lowest BCUT2D eigenvalue weighted by Gasteiger charge is -2.33. The second-order valence-corrected chi connectivity index (χ2v) is 5.32. The topological polar surface area (TPSA) is 57.6 Å². The average molecular weight is 327 g/mol. The molecule has 1 unspecified atom stereocenters. The summed E-state index contributed by atoms with van der Waals surface area (Å²) in [5.41, 5.74) is -0.0395. The summed E-state index contributed by atoms with van der Waals surface area (Å²) in [6.45, 7) is 3.63. The molecule has 1 aromatic carbocycles. The zero-order valence-corrected chi connectivity index (χ0v) is 12.6. The third-order valence-corrected chi connectivity index (χ3v) is 4.01. The van der Waals surface area contributed by atoms with E-state index in [0.717, 1.165) is 12.1 Å². The third kappa shape index (κ3) is 3.23. The first-order valence-corrected chi connectivity index (χ1v) is 7.08. The van der Waals surface area contributed by atoms with Crippen LogP contribution in [-0.4, -0.2) is 28.4 Å². The SMILES string of the molecule is CCN1C(=O)CC(c2ccc(C(F)(F)F)cc2)C(C(=O)O)=C1C. The Labute approximate surface area is 131 Å². The summed E-state index contributed by atoms with van der Waals surface area (Å²) in [5.74, 6) is -2.15. The number of alkyl halides is 3. The van der Waals surface area contributed by atoms with Crippen LogP contribution in [0.4, 0.5) is 13.2 Å². The average Bonchev–Trinajstić information content (AvgIpc) is 2.45. The van der Waals surface area contributed by atoms with Gasteiger partial charge in [-0.05, 0) is 31.5 Å². The van der Waals surface area contributed by atoms with Crippen LogP contribution in [0.1, 0.15) is 37.3 Å². The fraction of sp³-hybridized carbons (Fsp3) is 0.375. The molecule has 1 aromatic rings. The molecule has 124 valence electrons. The van der Waals surface area contributed by atoms with Gasteiger partial charge in [0.2, 0.25) is 5.91 Å². The van der Waals surface area contributed by atoms with E-state index >= 15 is 0 Å². The molecule has 7 heteroatoms. The normalized spacial score (nSPS) is 19.3. The second kappa shape index (κ2) is 6.06. The van der Waals surface area contributed by atoms with Crippen LogP contribution in [0.15, 0.2) is 35.5 Å². The lowest BCUT2D eigenvalue weighted by atomic mass is 9.83. The molecule has 0 bridgehead atoms. The van der Waals surface area contributed by atoms with E-state index < -0.39 is 23.6 Å². The van der Waals surface area contributed by atoms with E-state index in [1.807, 2.05) is 0 Å². The van der Waals surface area contributed by atoms with Crippen molar-refractivity contribution in [1.82, 2.24) is 4.90 Å². The maximum atomic E-state index is 12.6. The molecular formula is C16H16F3NO3. The van der Waals surface area contributed by atoms with E-state index in [4.69, 9.17) is 0 Å². The highest BCUT2D eigenvalue weighted by Gasteiger charge is 2.36. The molecule has 23 heavy (non-hydrogen) atoms. The van der Waals surface area contributed by atoms with Gasteiger partial charge in [0, 0.05) is 24.6 Å². The van der Waals surface area contributed by atoms with E-state index in [9.17, 15) is 27.9 Å². The van der Waals surface area contributed by atoms with Crippen LogP contribution in [0.5, 0.6) is 0 Å². The maximum absolute atomic E-state index is 12.6. The molecule has 1 aliphatic heterocycles. The van der Waals surface area contributed by atoms with Crippen molar-refractivity contribution in [3.05, 3.63) is 46.7 Å². The number of rotatable bonds is 3. The Hall–Kier alpha value is -2.31. The van der Waals surface area contributed by atoms with Gasteiger partial charge in [-0.2, -0.15) is 13.2 Å². The number of carboxylic acid groups (broad SMARTS) is 1. The van der Waals surface area contributed by atoms with E-state index in [1.54, 1.807) is 13.8 Å². The molecule has 0 aliphatic carbocycles. The highest BCUT2D eigenvalue weighted by Crippen LogP contribution is 2.37. The molecule has 2 rings (SSSR count). The van der Waals surface area contributed by atoms with Gasteiger partial charge in [0.15, 0.2) is 0 Å². The Morgan fingerprint density at radius 3 is 2.30 bits per heavy atom. The highest BCUT2D eigenvalue weighted by atomic mass is 19.4. The molecule has 1 N–H and O–H groups in total. The van der Waals surface area contributed by atoms with Crippen LogP contribution in [0.3, 0.4) is 0 Å². The summed E-state index contributed by atoms with van der Waals surface area (Å²) in [5, 5.41) is 9.45. The summed E-state index contributed by atoms with van der Waals surface area (Å²) in [7, 11) is 0. The van der Waals surface area contributed by atoms with Gasteiger partial charge in [-0.15, -0.1) is 0 Å². The fourth-order valence-electron chi connectivity index (χ4n) is 2.88. The van der Waals surface area contributed by atoms with Crippen molar-refractivity contribution in [3.8, 4) is 0 Å². The number of carboxylic acids is 1. The van der Waals surface area contributed by atoms with Crippen molar-refractivity contribution in [2.24, 2.45) is 0 Å².